The quantitative estimate of drug-likeness (QED) is 0.772. The van der Waals surface area contributed by atoms with Crippen molar-refractivity contribution in [2.45, 2.75) is 0 Å². The lowest BCUT2D eigenvalue weighted by atomic mass is 10.2. The van der Waals surface area contributed by atoms with E-state index >= 15 is 0 Å². The van der Waals surface area contributed by atoms with E-state index in [1.54, 1.807) is 49.5 Å². The smallest absolute Gasteiger partial charge is 0.251 e. The minimum Gasteiger partial charge on any atom is -0.375 e. The number of benzene rings is 2. The summed E-state index contributed by atoms with van der Waals surface area (Å²) in [5.74, 6) is -0.422. The molecule has 0 saturated heterocycles. The summed E-state index contributed by atoms with van der Waals surface area (Å²) in [7, 11) is 1.56. The zero-order chi connectivity index (χ0) is 16.8. The molecule has 5 nitrogen and oxygen atoms in total. The van der Waals surface area contributed by atoms with Crippen molar-refractivity contribution in [1.29, 1.82) is 0 Å². The number of nitrogens with one attached hydrogen (secondary N) is 3. The van der Waals surface area contributed by atoms with E-state index in [9.17, 15) is 9.59 Å². The molecule has 0 unspecified atom stereocenters. The van der Waals surface area contributed by atoms with Crippen molar-refractivity contribution < 1.29 is 9.59 Å². The highest BCUT2D eigenvalue weighted by Gasteiger charge is 2.07. The maximum absolute atomic E-state index is 11.9. The molecule has 2 aromatic carbocycles. The first-order valence-electron chi connectivity index (χ1n) is 6.80. The molecule has 0 aliphatic rings. The lowest BCUT2D eigenvalue weighted by molar-refractivity contribution is -0.114. The number of hydrogen-bond donors (Lipinski definition) is 3. The summed E-state index contributed by atoms with van der Waals surface area (Å²) in [4.78, 5) is 23.4. The SMILES string of the molecule is CNC(=O)c1ccc(NC(=O)CNc2cc(Cl)ccc2Cl)cc1. The monoisotopic (exact) mass is 351 g/mol. The van der Waals surface area contributed by atoms with E-state index in [-0.39, 0.29) is 18.4 Å². The summed E-state index contributed by atoms with van der Waals surface area (Å²) in [6.45, 7) is 0.0389. The van der Waals surface area contributed by atoms with E-state index in [4.69, 9.17) is 23.2 Å². The molecule has 120 valence electrons. The largest absolute Gasteiger partial charge is 0.375 e. The Bertz CT molecular complexity index is 718. The summed E-state index contributed by atoms with van der Waals surface area (Å²) in [6.07, 6.45) is 0. The topological polar surface area (TPSA) is 70.2 Å². The third-order valence-electron chi connectivity index (χ3n) is 3.03. The van der Waals surface area contributed by atoms with Crippen LogP contribution in [-0.4, -0.2) is 25.4 Å². The van der Waals surface area contributed by atoms with Crippen molar-refractivity contribution in [1.82, 2.24) is 5.32 Å². The number of halogens is 2. The number of carbonyl (C=O) groups excluding carboxylic acids is 2. The van der Waals surface area contributed by atoms with Gasteiger partial charge in [-0.15, -0.1) is 0 Å². The van der Waals surface area contributed by atoms with Crippen LogP contribution in [0.1, 0.15) is 10.4 Å². The van der Waals surface area contributed by atoms with Crippen LogP contribution >= 0.6 is 23.2 Å². The molecule has 7 heteroatoms. The Labute approximate surface area is 144 Å². The molecular weight excluding hydrogens is 337 g/mol. The summed E-state index contributed by atoms with van der Waals surface area (Å²) < 4.78 is 0. The predicted molar refractivity (Wildman–Crippen MR) is 93.4 cm³/mol. The molecule has 2 amide bonds. The van der Waals surface area contributed by atoms with E-state index in [2.05, 4.69) is 16.0 Å². The first kappa shape index (κ1) is 17.1. The zero-order valence-corrected chi connectivity index (χ0v) is 13.8. The molecule has 3 N–H and O–H groups in total. The van der Waals surface area contributed by atoms with Gasteiger partial charge in [0, 0.05) is 23.3 Å². The van der Waals surface area contributed by atoms with E-state index in [1.165, 1.54) is 0 Å². The van der Waals surface area contributed by atoms with Gasteiger partial charge in [0.1, 0.15) is 0 Å². The number of rotatable bonds is 5. The molecule has 0 bridgehead atoms. The molecule has 0 aliphatic carbocycles. The Hall–Kier alpha value is -2.24. The summed E-state index contributed by atoms with van der Waals surface area (Å²) in [5.41, 5.74) is 1.71. The Morgan fingerprint density at radius 1 is 1.04 bits per heavy atom. The van der Waals surface area contributed by atoms with E-state index in [0.29, 0.717) is 27.0 Å². The van der Waals surface area contributed by atoms with Gasteiger partial charge in [-0.1, -0.05) is 23.2 Å². The van der Waals surface area contributed by atoms with Gasteiger partial charge in [0.2, 0.25) is 5.91 Å². The van der Waals surface area contributed by atoms with Crippen LogP contribution in [0, 0.1) is 0 Å². The second-order valence-corrected chi connectivity index (χ2v) is 5.53. The van der Waals surface area contributed by atoms with Gasteiger partial charge >= 0.3 is 0 Å². The fourth-order valence-electron chi connectivity index (χ4n) is 1.86. The van der Waals surface area contributed by atoms with Crippen molar-refractivity contribution in [2.24, 2.45) is 0 Å². The van der Waals surface area contributed by atoms with Crippen LogP contribution in [0.2, 0.25) is 10.0 Å². The second-order valence-electron chi connectivity index (χ2n) is 4.68. The third kappa shape index (κ3) is 4.87. The van der Waals surface area contributed by atoms with Gasteiger partial charge in [-0.05, 0) is 42.5 Å². The summed E-state index contributed by atoms with van der Waals surface area (Å²) in [6, 6.07) is 11.6. The van der Waals surface area contributed by atoms with Gasteiger partial charge in [-0.25, -0.2) is 0 Å². The molecule has 0 aliphatic heterocycles. The molecule has 0 atom stereocenters. The summed E-state index contributed by atoms with van der Waals surface area (Å²) >= 11 is 11.9. The Morgan fingerprint density at radius 2 is 1.74 bits per heavy atom. The Balaban J connectivity index is 1.92. The predicted octanol–water partition coefficient (Wildman–Crippen LogP) is 3.40. The molecule has 0 heterocycles. The highest BCUT2D eigenvalue weighted by molar-refractivity contribution is 6.35. The van der Waals surface area contributed by atoms with Gasteiger partial charge in [0.25, 0.3) is 5.91 Å². The molecular formula is C16H15Cl2N3O2. The molecule has 0 radical (unpaired) electrons. The van der Waals surface area contributed by atoms with Crippen LogP contribution in [0.3, 0.4) is 0 Å². The average Bonchev–Trinajstić information content (AvgIpc) is 2.55. The lowest BCUT2D eigenvalue weighted by Crippen LogP contribution is -2.22. The Morgan fingerprint density at radius 3 is 2.39 bits per heavy atom. The fourth-order valence-corrected chi connectivity index (χ4v) is 2.22. The average molecular weight is 352 g/mol. The molecule has 23 heavy (non-hydrogen) atoms. The third-order valence-corrected chi connectivity index (χ3v) is 3.59. The van der Waals surface area contributed by atoms with E-state index < -0.39 is 0 Å². The van der Waals surface area contributed by atoms with Crippen LogP contribution in [0.5, 0.6) is 0 Å². The normalized spacial score (nSPS) is 10.0. The van der Waals surface area contributed by atoms with Crippen LogP contribution in [0.4, 0.5) is 11.4 Å². The minimum atomic E-state index is -0.242. The molecule has 0 spiro atoms. The molecule has 2 rings (SSSR count). The van der Waals surface area contributed by atoms with Gasteiger partial charge in [0.15, 0.2) is 0 Å². The standard InChI is InChI=1S/C16H15Cl2N3O2/c1-19-16(23)10-2-5-12(6-3-10)21-15(22)9-20-14-8-11(17)4-7-13(14)18/h2-8,20H,9H2,1H3,(H,19,23)(H,21,22). The minimum absolute atomic E-state index is 0.0389. The highest BCUT2D eigenvalue weighted by atomic mass is 35.5. The number of hydrogen-bond acceptors (Lipinski definition) is 3. The highest BCUT2D eigenvalue weighted by Crippen LogP contribution is 2.25. The zero-order valence-electron chi connectivity index (χ0n) is 12.3. The Kier molecular flexibility index (Phi) is 5.84. The molecule has 0 aromatic heterocycles. The number of amides is 2. The maximum atomic E-state index is 11.9. The van der Waals surface area contributed by atoms with Crippen molar-refractivity contribution >= 4 is 46.4 Å². The van der Waals surface area contributed by atoms with Crippen LogP contribution in [0.15, 0.2) is 42.5 Å². The number of carbonyl (C=O) groups is 2. The molecule has 2 aromatic rings. The van der Waals surface area contributed by atoms with Crippen molar-refractivity contribution in [2.75, 3.05) is 24.2 Å². The van der Waals surface area contributed by atoms with Crippen LogP contribution in [-0.2, 0) is 4.79 Å². The van der Waals surface area contributed by atoms with Gasteiger partial charge in [0.05, 0.1) is 17.3 Å². The summed E-state index contributed by atoms with van der Waals surface area (Å²) in [5, 5.41) is 9.18. The first-order chi connectivity index (χ1) is 11.0. The van der Waals surface area contributed by atoms with E-state index in [0.717, 1.165) is 0 Å². The van der Waals surface area contributed by atoms with Crippen molar-refractivity contribution in [3.05, 3.63) is 58.1 Å². The fraction of sp³-hybridized carbons (Fsp3) is 0.125. The maximum Gasteiger partial charge on any atom is 0.251 e. The van der Waals surface area contributed by atoms with Crippen molar-refractivity contribution in [3.63, 3.8) is 0 Å². The molecule has 0 fully saturated rings. The van der Waals surface area contributed by atoms with Crippen LogP contribution < -0.4 is 16.0 Å². The lowest BCUT2D eigenvalue weighted by Gasteiger charge is -2.10. The van der Waals surface area contributed by atoms with Gasteiger partial charge < -0.3 is 16.0 Å². The van der Waals surface area contributed by atoms with Crippen LogP contribution in [0.25, 0.3) is 0 Å². The van der Waals surface area contributed by atoms with E-state index in [1.807, 2.05) is 0 Å². The first-order valence-corrected chi connectivity index (χ1v) is 7.56. The van der Waals surface area contributed by atoms with Gasteiger partial charge in [-0.2, -0.15) is 0 Å². The van der Waals surface area contributed by atoms with Gasteiger partial charge in [-0.3, -0.25) is 9.59 Å². The molecule has 0 saturated carbocycles. The second kappa shape index (κ2) is 7.85. The van der Waals surface area contributed by atoms with Crippen molar-refractivity contribution in [3.8, 4) is 0 Å². The number of anilines is 2.